The molecule has 2 aromatic heterocycles. The van der Waals surface area contributed by atoms with E-state index < -0.39 is 0 Å². The molecule has 1 aromatic carbocycles. The van der Waals surface area contributed by atoms with Gasteiger partial charge in [-0.1, -0.05) is 6.92 Å². The van der Waals surface area contributed by atoms with Crippen molar-refractivity contribution in [3.8, 4) is 11.6 Å². The number of anilines is 1. The molecular formula is C16H17N5O2S. The van der Waals surface area contributed by atoms with Gasteiger partial charge in [-0.3, -0.25) is 4.79 Å². The maximum absolute atomic E-state index is 11.6. The Morgan fingerprint density at radius 2 is 2.12 bits per heavy atom. The number of nitrogens with zero attached hydrogens (tertiary/aromatic N) is 4. The van der Waals surface area contributed by atoms with E-state index in [1.807, 2.05) is 19.2 Å². The van der Waals surface area contributed by atoms with Crippen molar-refractivity contribution in [3.63, 3.8) is 0 Å². The lowest BCUT2D eigenvalue weighted by atomic mass is 10.3. The molecule has 0 spiro atoms. The second-order valence-corrected chi connectivity index (χ2v) is 5.88. The largest absolute Gasteiger partial charge is 0.439 e. The van der Waals surface area contributed by atoms with Crippen molar-refractivity contribution < 1.29 is 9.53 Å². The number of fused-ring (bicyclic) bond motifs is 1. The van der Waals surface area contributed by atoms with Crippen LogP contribution in [0.1, 0.15) is 12.6 Å². The number of ether oxygens (including phenoxy) is 1. The first kappa shape index (κ1) is 16.3. The Labute approximate surface area is 143 Å². The first-order valence-corrected chi connectivity index (χ1v) is 8.85. The van der Waals surface area contributed by atoms with Crippen LogP contribution in [0.25, 0.3) is 5.78 Å². The lowest BCUT2D eigenvalue weighted by Crippen LogP contribution is -2.13. The molecule has 0 atom stereocenters. The van der Waals surface area contributed by atoms with Crippen LogP contribution in [0, 0.1) is 0 Å². The number of rotatable bonds is 6. The predicted molar refractivity (Wildman–Crippen MR) is 93.7 cm³/mol. The Bertz CT molecular complexity index is 847. The number of carbonyl (C=O) groups excluding carboxylic acids is 1. The lowest BCUT2D eigenvalue weighted by molar-refractivity contribution is -0.113. The number of hydrogen-bond acceptors (Lipinski definition) is 6. The van der Waals surface area contributed by atoms with Crippen LogP contribution in [0.5, 0.6) is 11.6 Å². The fraction of sp³-hybridized carbons (Fsp3) is 0.250. The summed E-state index contributed by atoms with van der Waals surface area (Å²) in [6.45, 7) is 2.02. The van der Waals surface area contributed by atoms with Gasteiger partial charge in [-0.2, -0.15) is 26.4 Å². The molecule has 2 heterocycles. The number of hydrogen-bond donors (Lipinski definition) is 1. The molecule has 24 heavy (non-hydrogen) atoms. The number of benzene rings is 1. The molecule has 124 valence electrons. The minimum atomic E-state index is -0.0257. The maximum atomic E-state index is 11.6. The summed E-state index contributed by atoms with van der Waals surface area (Å²) in [6.07, 6.45) is 4.11. The summed E-state index contributed by atoms with van der Waals surface area (Å²) in [5, 5.41) is 6.95. The van der Waals surface area contributed by atoms with Crippen LogP contribution in [-0.4, -0.2) is 37.5 Å². The summed E-state index contributed by atoms with van der Waals surface area (Å²) in [6, 6.07) is 9.03. The van der Waals surface area contributed by atoms with Gasteiger partial charge in [0.2, 0.25) is 11.8 Å². The van der Waals surface area contributed by atoms with E-state index in [4.69, 9.17) is 4.74 Å². The molecule has 0 unspecified atom stereocenters. The van der Waals surface area contributed by atoms with Crippen LogP contribution >= 0.6 is 11.8 Å². The van der Waals surface area contributed by atoms with Crippen LogP contribution < -0.4 is 10.1 Å². The second kappa shape index (κ2) is 7.31. The molecule has 0 aliphatic heterocycles. The summed E-state index contributed by atoms with van der Waals surface area (Å²) in [5.41, 5.74) is 1.61. The van der Waals surface area contributed by atoms with E-state index in [2.05, 4.69) is 20.4 Å². The van der Waals surface area contributed by atoms with Gasteiger partial charge in [0, 0.05) is 17.4 Å². The third-order valence-corrected chi connectivity index (χ3v) is 3.82. The van der Waals surface area contributed by atoms with Crippen molar-refractivity contribution in [2.75, 3.05) is 17.3 Å². The molecule has 1 N–H and O–H groups in total. The number of thioether (sulfide) groups is 1. The Hall–Kier alpha value is -2.61. The second-order valence-electron chi connectivity index (χ2n) is 5.02. The third-order valence-electron chi connectivity index (χ3n) is 3.27. The predicted octanol–water partition coefficient (Wildman–Crippen LogP) is 2.78. The Balaban J connectivity index is 1.79. The molecule has 3 aromatic rings. The highest BCUT2D eigenvalue weighted by atomic mass is 32.2. The summed E-state index contributed by atoms with van der Waals surface area (Å²) < 4.78 is 7.45. The SMILES string of the molecule is CCc1cc(Oc2ccc(NC(=O)CSC)cc2)n2ncnc2n1. The maximum Gasteiger partial charge on any atom is 0.255 e. The Morgan fingerprint density at radius 3 is 2.83 bits per heavy atom. The van der Waals surface area contributed by atoms with Crippen molar-refractivity contribution >= 4 is 29.1 Å². The van der Waals surface area contributed by atoms with Gasteiger partial charge in [-0.15, -0.1) is 0 Å². The topological polar surface area (TPSA) is 81.4 Å². The van der Waals surface area contributed by atoms with Gasteiger partial charge in [-0.25, -0.2) is 4.98 Å². The average Bonchev–Trinajstić information content (AvgIpc) is 3.05. The van der Waals surface area contributed by atoms with E-state index in [1.165, 1.54) is 18.1 Å². The molecular weight excluding hydrogens is 326 g/mol. The van der Waals surface area contributed by atoms with Crippen molar-refractivity contribution in [2.45, 2.75) is 13.3 Å². The van der Waals surface area contributed by atoms with Gasteiger partial charge >= 0.3 is 0 Å². The van der Waals surface area contributed by atoms with Gasteiger partial charge in [-0.05, 0) is 36.9 Å². The summed E-state index contributed by atoms with van der Waals surface area (Å²) in [4.78, 5) is 20.1. The van der Waals surface area contributed by atoms with Gasteiger partial charge < -0.3 is 10.1 Å². The highest BCUT2D eigenvalue weighted by Gasteiger charge is 2.09. The van der Waals surface area contributed by atoms with Crippen LogP contribution in [0.2, 0.25) is 0 Å². The van der Waals surface area contributed by atoms with Crippen LogP contribution in [0.3, 0.4) is 0 Å². The first-order chi connectivity index (χ1) is 11.7. The monoisotopic (exact) mass is 343 g/mol. The van der Waals surface area contributed by atoms with E-state index in [-0.39, 0.29) is 5.91 Å². The summed E-state index contributed by atoms with van der Waals surface area (Å²) in [7, 11) is 0. The zero-order chi connectivity index (χ0) is 16.9. The Morgan fingerprint density at radius 1 is 1.33 bits per heavy atom. The molecule has 0 saturated heterocycles. The number of aromatic nitrogens is 4. The fourth-order valence-electron chi connectivity index (χ4n) is 2.14. The highest BCUT2D eigenvalue weighted by molar-refractivity contribution is 7.99. The molecule has 0 radical (unpaired) electrons. The molecule has 0 aliphatic carbocycles. The van der Waals surface area contributed by atoms with Gasteiger partial charge in [0.25, 0.3) is 5.78 Å². The molecule has 3 rings (SSSR count). The fourth-order valence-corrected chi connectivity index (χ4v) is 2.47. The van der Waals surface area contributed by atoms with Crippen LogP contribution in [-0.2, 0) is 11.2 Å². The molecule has 8 heteroatoms. The summed E-state index contributed by atoms with van der Waals surface area (Å²) >= 11 is 1.48. The van der Waals surface area contributed by atoms with E-state index >= 15 is 0 Å². The lowest BCUT2D eigenvalue weighted by Gasteiger charge is -2.09. The first-order valence-electron chi connectivity index (χ1n) is 7.46. The van der Waals surface area contributed by atoms with Crippen molar-refractivity contribution in [1.82, 2.24) is 19.6 Å². The van der Waals surface area contributed by atoms with Crippen LogP contribution in [0.4, 0.5) is 5.69 Å². The normalized spacial score (nSPS) is 10.8. The third kappa shape index (κ3) is 3.65. The number of carbonyl (C=O) groups is 1. The smallest absolute Gasteiger partial charge is 0.255 e. The summed E-state index contributed by atoms with van der Waals surface area (Å²) in [5.74, 6) is 2.10. The quantitative estimate of drug-likeness (QED) is 0.741. The van der Waals surface area contributed by atoms with Crippen molar-refractivity contribution in [2.24, 2.45) is 0 Å². The molecule has 0 bridgehead atoms. The molecule has 0 saturated carbocycles. The minimum Gasteiger partial charge on any atom is -0.439 e. The number of nitrogens with one attached hydrogen (secondary N) is 1. The highest BCUT2D eigenvalue weighted by Crippen LogP contribution is 2.24. The van der Waals surface area contributed by atoms with E-state index in [0.717, 1.165) is 17.8 Å². The number of amides is 1. The van der Waals surface area contributed by atoms with Gasteiger partial charge in [0.15, 0.2) is 0 Å². The zero-order valence-electron chi connectivity index (χ0n) is 13.4. The van der Waals surface area contributed by atoms with E-state index in [9.17, 15) is 4.79 Å². The molecule has 7 nitrogen and oxygen atoms in total. The number of aryl methyl sites for hydroxylation is 1. The molecule has 0 aliphatic rings. The Kier molecular flexibility index (Phi) is 4.95. The van der Waals surface area contributed by atoms with Crippen LogP contribution in [0.15, 0.2) is 36.7 Å². The minimum absolute atomic E-state index is 0.0257. The van der Waals surface area contributed by atoms with Gasteiger partial charge in [0.1, 0.15) is 12.1 Å². The van der Waals surface area contributed by atoms with E-state index in [1.54, 1.807) is 28.8 Å². The molecule has 1 amide bonds. The van der Waals surface area contributed by atoms with Crippen molar-refractivity contribution in [3.05, 3.63) is 42.4 Å². The van der Waals surface area contributed by atoms with Crippen molar-refractivity contribution in [1.29, 1.82) is 0 Å². The molecule has 0 fully saturated rings. The average molecular weight is 343 g/mol. The van der Waals surface area contributed by atoms with E-state index in [0.29, 0.717) is 23.2 Å². The zero-order valence-corrected chi connectivity index (χ0v) is 14.2. The standard InChI is InChI=1S/C16H17N5O2S/c1-3-11-8-15(21-16(20-11)17-10-18-21)23-13-6-4-12(5-7-13)19-14(22)9-24-2/h4-8,10H,3,9H2,1-2H3,(H,19,22). The van der Waals surface area contributed by atoms with Gasteiger partial charge in [0.05, 0.1) is 5.75 Å².